The summed E-state index contributed by atoms with van der Waals surface area (Å²) in [5.41, 5.74) is 5.11. The van der Waals surface area contributed by atoms with E-state index in [0.717, 1.165) is 25.9 Å². The monoisotopic (exact) mass is 254 g/mol. The normalized spacial score (nSPS) is 36.6. The first-order chi connectivity index (χ1) is 8.64. The Hall–Kier alpha value is -0.610. The van der Waals surface area contributed by atoms with E-state index in [1.165, 1.54) is 25.7 Å². The lowest BCUT2D eigenvalue weighted by molar-refractivity contribution is -0.139. The van der Waals surface area contributed by atoms with E-state index in [9.17, 15) is 4.79 Å². The van der Waals surface area contributed by atoms with Crippen LogP contribution in [0.15, 0.2) is 0 Å². The van der Waals surface area contributed by atoms with Gasteiger partial charge in [0.2, 0.25) is 0 Å². The zero-order valence-electron chi connectivity index (χ0n) is 11.4. The van der Waals surface area contributed by atoms with Gasteiger partial charge in [-0.3, -0.25) is 4.79 Å². The third-order valence-electron chi connectivity index (χ3n) is 4.55. The maximum absolute atomic E-state index is 12.1. The number of amides is 1. The summed E-state index contributed by atoms with van der Waals surface area (Å²) in [6.07, 6.45) is 6.65. The highest BCUT2D eigenvalue weighted by molar-refractivity contribution is 5.84. The minimum Gasteiger partial charge on any atom is -0.365 e. The van der Waals surface area contributed by atoms with Crippen LogP contribution in [0.25, 0.3) is 0 Å². The average molecular weight is 254 g/mol. The van der Waals surface area contributed by atoms with Gasteiger partial charge in [-0.1, -0.05) is 0 Å². The first-order valence-corrected chi connectivity index (χ1v) is 7.26. The Bertz CT molecular complexity index is 280. The van der Waals surface area contributed by atoms with Crippen LogP contribution in [0.1, 0.15) is 45.4 Å². The fourth-order valence-corrected chi connectivity index (χ4v) is 3.05. The number of carbonyl (C=O) groups is 1. The smallest absolute Gasteiger partial charge is 0.251 e. The summed E-state index contributed by atoms with van der Waals surface area (Å²) in [7, 11) is 0. The quantitative estimate of drug-likeness (QED) is 0.798. The van der Waals surface area contributed by atoms with Crippen LogP contribution in [0, 0.1) is 11.8 Å². The third kappa shape index (κ3) is 3.23. The molecular formula is C14H26N2O2. The lowest BCUT2D eigenvalue weighted by atomic mass is 9.82. The van der Waals surface area contributed by atoms with E-state index in [1.54, 1.807) is 0 Å². The lowest BCUT2D eigenvalue weighted by Gasteiger charge is -2.29. The van der Waals surface area contributed by atoms with Gasteiger partial charge in [-0.15, -0.1) is 0 Å². The Morgan fingerprint density at radius 1 is 1.33 bits per heavy atom. The molecule has 2 aliphatic rings. The van der Waals surface area contributed by atoms with E-state index in [2.05, 4.69) is 5.32 Å². The van der Waals surface area contributed by atoms with Crippen molar-refractivity contribution in [1.29, 1.82) is 0 Å². The van der Waals surface area contributed by atoms with Crippen LogP contribution in [0.3, 0.4) is 0 Å². The Balaban J connectivity index is 1.70. The Morgan fingerprint density at radius 2 is 2.00 bits per heavy atom. The Labute approximate surface area is 110 Å². The van der Waals surface area contributed by atoms with E-state index in [0.29, 0.717) is 18.4 Å². The van der Waals surface area contributed by atoms with Gasteiger partial charge in [0.15, 0.2) is 0 Å². The van der Waals surface area contributed by atoms with Crippen LogP contribution >= 0.6 is 0 Å². The van der Waals surface area contributed by atoms with Gasteiger partial charge in [0.25, 0.3) is 5.91 Å². The molecule has 4 nitrogen and oxygen atoms in total. The van der Waals surface area contributed by atoms with Crippen molar-refractivity contribution in [2.45, 2.75) is 51.0 Å². The minimum absolute atomic E-state index is 0.0703. The van der Waals surface area contributed by atoms with E-state index >= 15 is 0 Å². The number of rotatable bonds is 4. The average Bonchev–Trinajstić information content (AvgIpc) is 2.85. The molecule has 2 fully saturated rings. The van der Waals surface area contributed by atoms with Crippen molar-refractivity contribution in [1.82, 2.24) is 5.32 Å². The molecule has 0 aromatic heterocycles. The molecular weight excluding hydrogens is 228 g/mol. The van der Waals surface area contributed by atoms with Crippen molar-refractivity contribution in [2.75, 3.05) is 19.7 Å². The van der Waals surface area contributed by atoms with Crippen LogP contribution < -0.4 is 11.1 Å². The third-order valence-corrected chi connectivity index (χ3v) is 4.55. The zero-order valence-corrected chi connectivity index (χ0v) is 11.4. The molecule has 1 saturated heterocycles. The van der Waals surface area contributed by atoms with E-state index in [1.807, 2.05) is 6.92 Å². The molecule has 18 heavy (non-hydrogen) atoms. The number of nitrogens with two attached hydrogens (primary N) is 1. The van der Waals surface area contributed by atoms with Gasteiger partial charge in [-0.05, 0) is 63.8 Å². The first-order valence-electron chi connectivity index (χ1n) is 7.26. The second-order valence-corrected chi connectivity index (χ2v) is 6.02. The van der Waals surface area contributed by atoms with Gasteiger partial charge < -0.3 is 15.8 Å². The van der Waals surface area contributed by atoms with Gasteiger partial charge in [-0.2, -0.15) is 0 Å². The molecule has 104 valence electrons. The summed E-state index contributed by atoms with van der Waals surface area (Å²) in [6.45, 7) is 4.23. The lowest BCUT2D eigenvalue weighted by Crippen LogP contribution is -2.45. The van der Waals surface area contributed by atoms with Gasteiger partial charge in [0.05, 0.1) is 0 Å². The van der Waals surface area contributed by atoms with Crippen molar-refractivity contribution >= 4 is 5.91 Å². The van der Waals surface area contributed by atoms with Gasteiger partial charge in [0, 0.05) is 13.2 Å². The van der Waals surface area contributed by atoms with Gasteiger partial charge in [0.1, 0.15) is 5.60 Å². The number of hydrogen-bond donors (Lipinski definition) is 2. The molecule has 4 heteroatoms. The standard InChI is InChI=1S/C14H26N2O2/c1-14(7-2-8-18-14)13(17)16-10-12-5-3-11(9-15)4-6-12/h11-12H,2-10,15H2,1H3,(H,16,17). The summed E-state index contributed by atoms with van der Waals surface area (Å²) in [5, 5.41) is 3.07. The van der Waals surface area contributed by atoms with E-state index in [-0.39, 0.29) is 5.91 Å². The number of carbonyl (C=O) groups excluding carboxylic acids is 1. The molecule has 1 amide bonds. The summed E-state index contributed by atoms with van der Waals surface area (Å²) < 4.78 is 5.55. The molecule has 1 aliphatic carbocycles. The molecule has 0 aromatic carbocycles. The summed E-state index contributed by atoms with van der Waals surface area (Å²) in [4.78, 5) is 12.1. The SMILES string of the molecule is CC1(C(=O)NCC2CCC(CN)CC2)CCCO1. The van der Waals surface area contributed by atoms with Gasteiger partial charge in [-0.25, -0.2) is 0 Å². The van der Waals surface area contributed by atoms with Crippen molar-refractivity contribution in [3.63, 3.8) is 0 Å². The second-order valence-electron chi connectivity index (χ2n) is 6.02. The molecule has 0 aromatic rings. The molecule has 1 unspecified atom stereocenters. The number of nitrogens with one attached hydrogen (secondary N) is 1. The van der Waals surface area contributed by atoms with Crippen LogP contribution in [-0.4, -0.2) is 31.2 Å². The summed E-state index contributed by atoms with van der Waals surface area (Å²) in [6, 6.07) is 0. The molecule has 1 saturated carbocycles. The molecule has 2 rings (SSSR count). The highest BCUT2D eigenvalue weighted by atomic mass is 16.5. The fraction of sp³-hybridized carbons (Fsp3) is 0.929. The zero-order chi connectivity index (χ0) is 13.0. The molecule has 0 bridgehead atoms. The molecule has 1 atom stereocenters. The minimum atomic E-state index is -0.575. The molecule has 3 N–H and O–H groups in total. The second kappa shape index (κ2) is 6.02. The van der Waals surface area contributed by atoms with Crippen molar-refractivity contribution in [3.8, 4) is 0 Å². The highest BCUT2D eigenvalue weighted by Crippen LogP contribution is 2.28. The maximum atomic E-state index is 12.1. The van der Waals surface area contributed by atoms with Crippen LogP contribution in [-0.2, 0) is 9.53 Å². The maximum Gasteiger partial charge on any atom is 0.251 e. The highest BCUT2D eigenvalue weighted by Gasteiger charge is 2.37. The predicted octanol–water partition coefficient (Wildman–Crippen LogP) is 1.44. The topological polar surface area (TPSA) is 64.4 Å². The van der Waals surface area contributed by atoms with Crippen LogP contribution in [0.4, 0.5) is 0 Å². The summed E-state index contributed by atoms with van der Waals surface area (Å²) >= 11 is 0. The Morgan fingerprint density at radius 3 is 2.56 bits per heavy atom. The van der Waals surface area contributed by atoms with E-state index in [4.69, 9.17) is 10.5 Å². The fourth-order valence-electron chi connectivity index (χ4n) is 3.05. The van der Waals surface area contributed by atoms with Crippen LogP contribution in [0.5, 0.6) is 0 Å². The predicted molar refractivity (Wildman–Crippen MR) is 71.1 cm³/mol. The van der Waals surface area contributed by atoms with E-state index < -0.39 is 5.60 Å². The van der Waals surface area contributed by atoms with Crippen molar-refractivity contribution in [2.24, 2.45) is 17.6 Å². The van der Waals surface area contributed by atoms with Crippen LogP contribution in [0.2, 0.25) is 0 Å². The van der Waals surface area contributed by atoms with Gasteiger partial charge >= 0.3 is 0 Å². The molecule has 0 radical (unpaired) electrons. The number of ether oxygens (including phenoxy) is 1. The number of hydrogen-bond acceptors (Lipinski definition) is 3. The largest absolute Gasteiger partial charge is 0.365 e. The molecule has 1 aliphatic heterocycles. The molecule has 1 heterocycles. The van der Waals surface area contributed by atoms with Crippen molar-refractivity contribution in [3.05, 3.63) is 0 Å². The van der Waals surface area contributed by atoms with Crippen molar-refractivity contribution < 1.29 is 9.53 Å². The Kier molecular flexibility index (Phi) is 4.62. The summed E-state index contributed by atoms with van der Waals surface area (Å²) in [5.74, 6) is 1.40. The first kappa shape index (κ1) is 13.8. The molecule has 0 spiro atoms.